The van der Waals surface area contributed by atoms with Crippen LogP contribution in [0.15, 0.2) is 40.9 Å². The van der Waals surface area contributed by atoms with Crippen LogP contribution in [0, 0.1) is 12.7 Å². The molecule has 0 bridgehead atoms. The van der Waals surface area contributed by atoms with E-state index in [-0.39, 0.29) is 16.4 Å². The summed E-state index contributed by atoms with van der Waals surface area (Å²) in [6.45, 7) is 1.93. The van der Waals surface area contributed by atoms with Gasteiger partial charge in [-0.3, -0.25) is 4.79 Å². The molecule has 18 heavy (non-hydrogen) atoms. The first-order chi connectivity index (χ1) is 8.47. The highest BCUT2D eigenvalue weighted by Crippen LogP contribution is 2.21. The molecular weight excluding hydrogens is 319 g/mol. The summed E-state index contributed by atoms with van der Waals surface area (Å²) in [7, 11) is 0. The third-order valence-electron chi connectivity index (χ3n) is 2.56. The lowest BCUT2D eigenvalue weighted by Crippen LogP contribution is -2.02. The molecular formula is C14H9BrClFO. The van der Waals surface area contributed by atoms with Crippen LogP contribution in [0.25, 0.3) is 0 Å². The van der Waals surface area contributed by atoms with Gasteiger partial charge in [-0.05, 0) is 36.8 Å². The topological polar surface area (TPSA) is 17.1 Å². The molecule has 0 saturated heterocycles. The molecule has 0 aliphatic rings. The fourth-order valence-electron chi connectivity index (χ4n) is 1.59. The highest BCUT2D eigenvalue weighted by molar-refractivity contribution is 9.10. The van der Waals surface area contributed by atoms with Gasteiger partial charge in [0, 0.05) is 20.6 Å². The van der Waals surface area contributed by atoms with Gasteiger partial charge < -0.3 is 0 Å². The van der Waals surface area contributed by atoms with Gasteiger partial charge in [-0.1, -0.05) is 39.7 Å². The lowest BCUT2D eigenvalue weighted by molar-refractivity contribution is 0.103. The van der Waals surface area contributed by atoms with Crippen molar-refractivity contribution in [3.8, 4) is 0 Å². The Bertz CT molecular complexity index is 605. The normalized spacial score (nSPS) is 10.4. The summed E-state index contributed by atoms with van der Waals surface area (Å²) in [5.41, 5.74) is 1.77. The molecule has 0 unspecified atom stereocenters. The maximum absolute atomic E-state index is 13.2. The average Bonchev–Trinajstić information content (AvgIpc) is 2.30. The van der Waals surface area contributed by atoms with E-state index < -0.39 is 5.82 Å². The Morgan fingerprint density at radius 2 is 1.89 bits per heavy atom. The van der Waals surface area contributed by atoms with E-state index in [4.69, 9.17) is 11.6 Å². The van der Waals surface area contributed by atoms with Gasteiger partial charge in [0.05, 0.1) is 0 Å². The van der Waals surface area contributed by atoms with E-state index >= 15 is 0 Å². The van der Waals surface area contributed by atoms with Gasteiger partial charge in [-0.25, -0.2) is 4.39 Å². The fraction of sp³-hybridized carbons (Fsp3) is 0.0714. The van der Waals surface area contributed by atoms with Crippen molar-refractivity contribution in [3.05, 3.63) is 68.4 Å². The number of benzene rings is 2. The van der Waals surface area contributed by atoms with Gasteiger partial charge in [-0.15, -0.1) is 0 Å². The fourth-order valence-corrected chi connectivity index (χ4v) is 2.19. The first-order valence-electron chi connectivity index (χ1n) is 5.24. The molecule has 0 heterocycles. The summed E-state index contributed by atoms with van der Waals surface area (Å²) >= 11 is 9.10. The molecule has 1 nitrogen and oxygen atoms in total. The number of carbonyl (C=O) groups excluding carboxylic acids is 1. The van der Waals surface area contributed by atoms with Crippen LogP contribution >= 0.6 is 27.5 Å². The summed E-state index contributed by atoms with van der Waals surface area (Å²) in [5, 5.41) is 0.213. The molecule has 0 amide bonds. The minimum absolute atomic E-state index is 0.213. The van der Waals surface area contributed by atoms with Crippen LogP contribution in [0.4, 0.5) is 4.39 Å². The van der Waals surface area contributed by atoms with Crippen LogP contribution in [0.5, 0.6) is 0 Å². The summed E-state index contributed by atoms with van der Waals surface area (Å²) < 4.78 is 14.0. The monoisotopic (exact) mass is 326 g/mol. The van der Waals surface area contributed by atoms with Gasteiger partial charge in [0.2, 0.25) is 0 Å². The maximum Gasteiger partial charge on any atom is 0.193 e. The van der Waals surface area contributed by atoms with Crippen LogP contribution < -0.4 is 0 Å². The first-order valence-corrected chi connectivity index (χ1v) is 6.41. The second-order valence-electron chi connectivity index (χ2n) is 3.95. The zero-order chi connectivity index (χ0) is 13.3. The molecule has 0 atom stereocenters. The van der Waals surface area contributed by atoms with E-state index in [1.807, 2.05) is 13.0 Å². The molecule has 0 radical (unpaired) electrons. The van der Waals surface area contributed by atoms with Crippen molar-refractivity contribution in [2.75, 3.05) is 0 Å². The molecule has 2 aromatic carbocycles. The van der Waals surface area contributed by atoms with Crippen molar-refractivity contribution < 1.29 is 9.18 Å². The average molecular weight is 328 g/mol. The van der Waals surface area contributed by atoms with E-state index in [0.29, 0.717) is 5.56 Å². The van der Waals surface area contributed by atoms with Gasteiger partial charge >= 0.3 is 0 Å². The van der Waals surface area contributed by atoms with Crippen molar-refractivity contribution in [2.45, 2.75) is 6.92 Å². The quantitative estimate of drug-likeness (QED) is 0.725. The van der Waals surface area contributed by atoms with E-state index in [1.54, 1.807) is 12.1 Å². The summed E-state index contributed by atoms with van der Waals surface area (Å²) in [6, 6.07) is 9.07. The van der Waals surface area contributed by atoms with E-state index in [9.17, 15) is 9.18 Å². The van der Waals surface area contributed by atoms with Gasteiger partial charge in [0.15, 0.2) is 5.78 Å². The second-order valence-corrected chi connectivity index (χ2v) is 5.24. The number of carbonyl (C=O) groups is 1. The molecule has 0 N–H and O–H groups in total. The largest absolute Gasteiger partial charge is 0.289 e. The standard InChI is InChI=1S/C14H9BrClFO/c1-8-2-3-9(6-13(8)15)14(18)10-4-11(16)7-12(17)5-10/h2-7H,1H3. The van der Waals surface area contributed by atoms with Crippen LogP contribution in [0.2, 0.25) is 5.02 Å². The van der Waals surface area contributed by atoms with E-state index in [1.165, 1.54) is 18.2 Å². The number of hydrogen-bond acceptors (Lipinski definition) is 1. The lowest BCUT2D eigenvalue weighted by Gasteiger charge is -2.04. The predicted molar refractivity (Wildman–Crippen MR) is 73.7 cm³/mol. The summed E-state index contributed by atoms with van der Waals surface area (Å²) in [6.07, 6.45) is 0. The number of aryl methyl sites for hydroxylation is 1. The number of halogens is 3. The van der Waals surface area contributed by atoms with E-state index in [0.717, 1.165) is 10.0 Å². The molecule has 0 saturated carbocycles. The zero-order valence-electron chi connectivity index (χ0n) is 9.51. The van der Waals surface area contributed by atoms with Crippen LogP contribution in [-0.2, 0) is 0 Å². The van der Waals surface area contributed by atoms with Gasteiger partial charge in [0.1, 0.15) is 5.82 Å². The van der Waals surface area contributed by atoms with E-state index in [2.05, 4.69) is 15.9 Å². The van der Waals surface area contributed by atoms with Crippen molar-refractivity contribution in [1.29, 1.82) is 0 Å². The smallest absolute Gasteiger partial charge is 0.193 e. The summed E-state index contributed by atoms with van der Waals surface area (Å²) in [4.78, 5) is 12.2. The molecule has 4 heteroatoms. The zero-order valence-corrected chi connectivity index (χ0v) is 11.8. The SMILES string of the molecule is Cc1ccc(C(=O)c2cc(F)cc(Cl)c2)cc1Br. The minimum atomic E-state index is -0.517. The van der Waals surface area contributed by atoms with Crippen molar-refractivity contribution >= 4 is 33.3 Å². The number of hydrogen-bond donors (Lipinski definition) is 0. The van der Waals surface area contributed by atoms with Crippen LogP contribution in [0.3, 0.4) is 0 Å². The highest BCUT2D eigenvalue weighted by atomic mass is 79.9. The Balaban J connectivity index is 2.44. The Morgan fingerprint density at radius 1 is 1.17 bits per heavy atom. The maximum atomic E-state index is 13.2. The molecule has 0 aromatic heterocycles. The third-order valence-corrected chi connectivity index (χ3v) is 3.63. The second kappa shape index (κ2) is 5.21. The van der Waals surface area contributed by atoms with Crippen LogP contribution in [-0.4, -0.2) is 5.78 Å². The molecule has 0 spiro atoms. The van der Waals surface area contributed by atoms with Crippen LogP contribution in [0.1, 0.15) is 21.5 Å². The minimum Gasteiger partial charge on any atom is -0.289 e. The Labute approximate surface area is 118 Å². The molecule has 0 aliphatic heterocycles. The van der Waals surface area contributed by atoms with Crippen molar-refractivity contribution in [2.24, 2.45) is 0 Å². The highest BCUT2D eigenvalue weighted by Gasteiger charge is 2.12. The first kappa shape index (κ1) is 13.2. The molecule has 0 aliphatic carbocycles. The number of rotatable bonds is 2. The molecule has 92 valence electrons. The Morgan fingerprint density at radius 3 is 2.50 bits per heavy atom. The molecule has 2 aromatic rings. The molecule has 2 rings (SSSR count). The third kappa shape index (κ3) is 2.79. The molecule has 0 fully saturated rings. The Kier molecular flexibility index (Phi) is 3.83. The van der Waals surface area contributed by atoms with Gasteiger partial charge in [0.25, 0.3) is 0 Å². The van der Waals surface area contributed by atoms with Gasteiger partial charge in [-0.2, -0.15) is 0 Å². The number of ketones is 1. The Hall–Kier alpha value is -1.19. The predicted octanol–water partition coefficient (Wildman–Crippen LogP) is 4.78. The lowest BCUT2D eigenvalue weighted by atomic mass is 10.0. The van der Waals surface area contributed by atoms with Crippen molar-refractivity contribution in [1.82, 2.24) is 0 Å². The van der Waals surface area contributed by atoms with Crippen molar-refractivity contribution in [3.63, 3.8) is 0 Å². The summed E-state index contributed by atoms with van der Waals surface area (Å²) in [5.74, 6) is -0.769.